The van der Waals surface area contributed by atoms with Crippen LogP contribution in [0.15, 0.2) is 35.1 Å². The summed E-state index contributed by atoms with van der Waals surface area (Å²) in [5, 5.41) is 3.44. The molecule has 0 atom stereocenters. The van der Waals surface area contributed by atoms with Gasteiger partial charge in [-0.25, -0.2) is 4.98 Å². The Labute approximate surface area is 127 Å². The highest BCUT2D eigenvalue weighted by molar-refractivity contribution is 5.46. The molecule has 0 aliphatic heterocycles. The van der Waals surface area contributed by atoms with E-state index in [2.05, 4.69) is 42.0 Å². The maximum Gasteiger partial charge on any atom is 0.131 e. The molecule has 0 bridgehead atoms. The summed E-state index contributed by atoms with van der Waals surface area (Å²) >= 11 is 0. The zero-order valence-electron chi connectivity index (χ0n) is 13.4. The van der Waals surface area contributed by atoms with Gasteiger partial charge in [-0.05, 0) is 48.7 Å². The van der Waals surface area contributed by atoms with Gasteiger partial charge in [0.2, 0.25) is 0 Å². The van der Waals surface area contributed by atoms with E-state index >= 15 is 0 Å². The SMILES string of the molecule is Cc1cc(CNCC(C)C)cnc1N(C)Cc1ccco1. The first kappa shape index (κ1) is 15.6. The first-order valence-corrected chi connectivity index (χ1v) is 7.46. The van der Waals surface area contributed by atoms with Crippen molar-refractivity contribution in [1.82, 2.24) is 10.3 Å². The van der Waals surface area contributed by atoms with Crippen LogP contribution in [0.25, 0.3) is 0 Å². The fourth-order valence-electron chi connectivity index (χ4n) is 2.34. The first-order chi connectivity index (χ1) is 10.1. The zero-order valence-corrected chi connectivity index (χ0v) is 13.4. The molecule has 0 unspecified atom stereocenters. The van der Waals surface area contributed by atoms with Crippen molar-refractivity contribution >= 4 is 5.82 Å². The molecular formula is C17H25N3O. The number of aryl methyl sites for hydroxylation is 1. The molecule has 0 fully saturated rings. The van der Waals surface area contributed by atoms with Crippen LogP contribution in [0.2, 0.25) is 0 Å². The summed E-state index contributed by atoms with van der Waals surface area (Å²) in [4.78, 5) is 6.71. The Morgan fingerprint density at radius 1 is 1.38 bits per heavy atom. The first-order valence-electron chi connectivity index (χ1n) is 7.46. The van der Waals surface area contributed by atoms with Gasteiger partial charge in [0.05, 0.1) is 12.8 Å². The molecule has 21 heavy (non-hydrogen) atoms. The van der Waals surface area contributed by atoms with Gasteiger partial charge in [-0.3, -0.25) is 0 Å². The molecule has 0 saturated carbocycles. The van der Waals surface area contributed by atoms with Gasteiger partial charge in [0.1, 0.15) is 11.6 Å². The molecule has 0 aromatic carbocycles. The molecule has 114 valence electrons. The van der Waals surface area contributed by atoms with Crippen LogP contribution in [0.4, 0.5) is 5.82 Å². The number of furan rings is 1. The Bertz CT molecular complexity index is 549. The van der Waals surface area contributed by atoms with E-state index in [9.17, 15) is 0 Å². The van der Waals surface area contributed by atoms with Crippen molar-refractivity contribution < 1.29 is 4.42 Å². The summed E-state index contributed by atoms with van der Waals surface area (Å²) in [6.07, 6.45) is 3.65. The van der Waals surface area contributed by atoms with E-state index in [1.165, 1.54) is 11.1 Å². The van der Waals surface area contributed by atoms with Crippen LogP contribution in [-0.4, -0.2) is 18.6 Å². The molecule has 2 aromatic heterocycles. The van der Waals surface area contributed by atoms with Crippen LogP contribution in [0.3, 0.4) is 0 Å². The van der Waals surface area contributed by atoms with E-state index < -0.39 is 0 Å². The Morgan fingerprint density at radius 2 is 2.19 bits per heavy atom. The fraction of sp³-hybridized carbons (Fsp3) is 0.471. The van der Waals surface area contributed by atoms with Crippen molar-refractivity contribution in [1.29, 1.82) is 0 Å². The molecule has 0 aliphatic rings. The van der Waals surface area contributed by atoms with Gasteiger partial charge in [0.25, 0.3) is 0 Å². The Hall–Kier alpha value is -1.81. The Morgan fingerprint density at radius 3 is 2.81 bits per heavy atom. The quantitative estimate of drug-likeness (QED) is 0.848. The molecule has 0 amide bonds. The Kier molecular flexibility index (Phi) is 5.39. The minimum atomic E-state index is 0.665. The average molecular weight is 287 g/mol. The number of aromatic nitrogens is 1. The summed E-state index contributed by atoms with van der Waals surface area (Å²) < 4.78 is 5.39. The van der Waals surface area contributed by atoms with Gasteiger partial charge in [-0.15, -0.1) is 0 Å². The Balaban J connectivity index is 1.98. The average Bonchev–Trinajstić information content (AvgIpc) is 2.91. The van der Waals surface area contributed by atoms with Crippen molar-refractivity contribution in [2.75, 3.05) is 18.5 Å². The molecule has 1 N–H and O–H groups in total. The third-order valence-corrected chi connectivity index (χ3v) is 3.32. The summed E-state index contributed by atoms with van der Waals surface area (Å²) in [5.74, 6) is 2.61. The van der Waals surface area contributed by atoms with Gasteiger partial charge < -0.3 is 14.6 Å². The van der Waals surface area contributed by atoms with Gasteiger partial charge in [0.15, 0.2) is 0 Å². The molecular weight excluding hydrogens is 262 g/mol. The largest absolute Gasteiger partial charge is 0.467 e. The van der Waals surface area contributed by atoms with Crippen LogP contribution in [-0.2, 0) is 13.1 Å². The monoisotopic (exact) mass is 287 g/mol. The molecule has 0 spiro atoms. The van der Waals surface area contributed by atoms with Gasteiger partial charge in [-0.1, -0.05) is 13.8 Å². The van der Waals surface area contributed by atoms with E-state index in [1.54, 1.807) is 6.26 Å². The van der Waals surface area contributed by atoms with Crippen LogP contribution >= 0.6 is 0 Å². The van der Waals surface area contributed by atoms with Crippen molar-refractivity contribution in [3.05, 3.63) is 47.5 Å². The molecule has 0 aliphatic carbocycles. The second-order valence-corrected chi connectivity index (χ2v) is 5.94. The van der Waals surface area contributed by atoms with Crippen LogP contribution < -0.4 is 10.2 Å². The van der Waals surface area contributed by atoms with Crippen LogP contribution in [0, 0.1) is 12.8 Å². The number of hydrogen-bond acceptors (Lipinski definition) is 4. The maximum absolute atomic E-state index is 5.39. The molecule has 2 rings (SSSR count). The van der Waals surface area contributed by atoms with Crippen molar-refractivity contribution in [3.63, 3.8) is 0 Å². The third kappa shape index (κ3) is 4.60. The number of rotatable bonds is 7. The number of pyridine rings is 1. The van der Waals surface area contributed by atoms with E-state index in [0.29, 0.717) is 5.92 Å². The smallest absolute Gasteiger partial charge is 0.131 e. The topological polar surface area (TPSA) is 41.3 Å². The van der Waals surface area contributed by atoms with E-state index in [4.69, 9.17) is 4.42 Å². The van der Waals surface area contributed by atoms with Crippen molar-refractivity contribution in [2.45, 2.75) is 33.9 Å². The van der Waals surface area contributed by atoms with Crippen LogP contribution in [0.1, 0.15) is 30.7 Å². The fourth-order valence-corrected chi connectivity index (χ4v) is 2.34. The number of nitrogens with one attached hydrogen (secondary N) is 1. The number of hydrogen-bond donors (Lipinski definition) is 1. The van der Waals surface area contributed by atoms with E-state index in [-0.39, 0.29) is 0 Å². The lowest BCUT2D eigenvalue weighted by molar-refractivity contribution is 0.506. The normalized spacial score (nSPS) is 11.1. The number of anilines is 1. The molecule has 0 saturated heterocycles. The third-order valence-electron chi connectivity index (χ3n) is 3.32. The van der Waals surface area contributed by atoms with Crippen molar-refractivity contribution in [3.8, 4) is 0 Å². The van der Waals surface area contributed by atoms with Crippen molar-refractivity contribution in [2.24, 2.45) is 5.92 Å². The van der Waals surface area contributed by atoms with Gasteiger partial charge in [-0.2, -0.15) is 0 Å². The maximum atomic E-state index is 5.39. The van der Waals surface area contributed by atoms with Gasteiger partial charge in [0, 0.05) is 19.8 Å². The predicted octanol–water partition coefficient (Wildman–Crippen LogP) is 3.37. The predicted molar refractivity (Wildman–Crippen MR) is 86.3 cm³/mol. The lowest BCUT2D eigenvalue weighted by Gasteiger charge is -2.19. The van der Waals surface area contributed by atoms with Gasteiger partial charge >= 0.3 is 0 Å². The molecule has 2 aromatic rings. The highest BCUT2D eigenvalue weighted by Crippen LogP contribution is 2.19. The number of nitrogens with zero attached hydrogens (tertiary/aromatic N) is 2. The van der Waals surface area contributed by atoms with Crippen LogP contribution in [0.5, 0.6) is 0 Å². The zero-order chi connectivity index (χ0) is 15.2. The minimum absolute atomic E-state index is 0.665. The molecule has 0 radical (unpaired) electrons. The second kappa shape index (κ2) is 7.27. The minimum Gasteiger partial charge on any atom is -0.467 e. The summed E-state index contributed by atoms with van der Waals surface area (Å²) in [6.45, 7) is 9.15. The molecule has 2 heterocycles. The van der Waals surface area contributed by atoms with E-state index in [0.717, 1.165) is 31.2 Å². The second-order valence-electron chi connectivity index (χ2n) is 5.94. The highest BCUT2D eigenvalue weighted by atomic mass is 16.3. The highest BCUT2D eigenvalue weighted by Gasteiger charge is 2.09. The summed E-state index contributed by atoms with van der Waals surface area (Å²) in [7, 11) is 2.04. The molecule has 4 heteroatoms. The molecule has 4 nitrogen and oxygen atoms in total. The summed E-state index contributed by atoms with van der Waals surface area (Å²) in [5.41, 5.74) is 2.41. The van der Waals surface area contributed by atoms with E-state index in [1.807, 2.05) is 25.4 Å². The standard InChI is InChI=1S/C17H25N3O/c1-13(2)9-18-10-15-8-14(3)17(19-11-15)20(4)12-16-6-5-7-21-16/h5-8,11,13,18H,9-10,12H2,1-4H3. The lowest BCUT2D eigenvalue weighted by atomic mass is 10.2. The lowest BCUT2D eigenvalue weighted by Crippen LogP contribution is -2.21. The summed E-state index contributed by atoms with van der Waals surface area (Å²) in [6, 6.07) is 6.09.